The molecule has 1 fully saturated rings. The third-order valence-corrected chi connectivity index (χ3v) is 7.30. The van der Waals surface area contributed by atoms with Gasteiger partial charge in [0.15, 0.2) is 22.5 Å². The molecule has 2 heterocycles. The molecule has 7 nitrogen and oxygen atoms in total. The highest BCUT2D eigenvalue weighted by molar-refractivity contribution is 7.99. The van der Waals surface area contributed by atoms with Gasteiger partial charge in [0, 0.05) is 22.9 Å². The van der Waals surface area contributed by atoms with Crippen LogP contribution in [0.25, 0.3) is 11.4 Å². The van der Waals surface area contributed by atoms with Crippen molar-refractivity contribution in [1.29, 1.82) is 0 Å². The van der Waals surface area contributed by atoms with Crippen molar-refractivity contribution in [3.05, 3.63) is 46.8 Å². The summed E-state index contributed by atoms with van der Waals surface area (Å²) in [4.78, 5) is 28.1. The fourth-order valence-electron chi connectivity index (χ4n) is 4.74. The zero-order valence-electron chi connectivity index (χ0n) is 19.6. The lowest BCUT2D eigenvalue weighted by Crippen LogP contribution is -2.16. The van der Waals surface area contributed by atoms with Crippen LogP contribution < -0.4 is 4.74 Å². The summed E-state index contributed by atoms with van der Waals surface area (Å²) < 4.78 is 7.50. The number of nitrogens with one attached hydrogen (secondary N) is 1. The van der Waals surface area contributed by atoms with E-state index in [4.69, 9.17) is 4.74 Å². The van der Waals surface area contributed by atoms with Crippen molar-refractivity contribution < 1.29 is 14.3 Å². The third-order valence-electron chi connectivity index (χ3n) is 6.35. The Bertz CT molecular complexity index is 1160. The molecular weight excluding hydrogens is 436 g/mol. The van der Waals surface area contributed by atoms with Crippen molar-refractivity contribution in [1.82, 2.24) is 19.7 Å². The molecule has 3 aromatic rings. The number of aryl methyl sites for hydroxylation is 1. The molecule has 1 aliphatic carbocycles. The lowest BCUT2D eigenvalue weighted by Gasteiger charge is -2.25. The van der Waals surface area contributed by atoms with Crippen LogP contribution in [-0.4, -0.2) is 44.2 Å². The van der Waals surface area contributed by atoms with E-state index in [0.717, 1.165) is 46.4 Å². The molecule has 0 bridgehead atoms. The number of H-pyrrole nitrogens is 1. The highest BCUT2D eigenvalue weighted by Gasteiger charge is 2.25. The first kappa shape index (κ1) is 23.3. The standard InChI is InChI=1S/C25H30N4O3S/c1-15-22(17(3)30)16(2)26-23(15)21(31)14-33-25-28-27-24(18-10-12-20(32-4)13-11-18)29(25)19-8-6-5-7-9-19/h10-13,19,26H,5-9,14H2,1-4H3. The Morgan fingerprint density at radius 1 is 1.12 bits per heavy atom. The van der Waals surface area contributed by atoms with Gasteiger partial charge in [-0.25, -0.2) is 0 Å². The first-order valence-electron chi connectivity index (χ1n) is 11.4. The number of aromatic nitrogens is 4. The van der Waals surface area contributed by atoms with Crippen LogP contribution >= 0.6 is 11.8 Å². The van der Waals surface area contributed by atoms with Crippen molar-refractivity contribution in [3.63, 3.8) is 0 Å². The van der Waals surface area contributed by atoms with Gasteiger partial charge in [-0.05, 0) is 63.4 Å². The Morgan fingerprint density at radius 2 is 1.82 bits per heavy atom. The van der Waals surface area contributed by atoms with E-state index < -0.39 is 0 Å². The lowest BCUT2D eigenvalue weighted by atomic mass is 9.95. The van der Waals surface area contributed by atoms with Gasteiger partial charge in [-0.2, -0.15) is 0 Å². The predicted molar refractivity (Wildman–Crippen MR) is 129 cm³/mol. The van der Waals surface area contributed by atoms with E-state index in [1.165, 1.54) is 37.9 Å². The minimum atomic E-state index is -0.0442. The summed E-state index contributed by atoms with van der Waals surface area (Å²) >= 11 is 1.41. The number of nitrogens with zero attached hydrogens (tertiary/aromatic N) is 3. The van der Waals surface area contributed by atoms with E-state index in [0.29, 0.717) is 17.3 Å². The van der Waals surface area contributed by atoms with E-state index in [1.807, 2.05) is 38.1 Å². The second-order valence-corrected chi connectivity index (χ2v) is 9.53. The SMILES string of the molecule is COc1ccc(-c2nnc(SCC(=O)c3[nH]c(C)c(C(C)=O)c3C)n2C2CCCCC2)cc1. The number of thioether (sulfide) groups is 1. The summed E-state index contributed by atoms with van der Waals surface area (Å²) in [5.41, 5.74) is 3.55. The van der Waals surface area contributed by atoms with Crippen LogP contribution in [0.3, 0.4) is 0 Å². The Morgan fingerprint density at radius 3 is 2.42 bits per heavy atom. The first-order chi connectivity index (χ1) is 15.9. The van der Waals surface area contributed by atoms with Gasteiger partial charge in [0.2, 0.25) is 0 Å². The number of aromatic amines is 1. The molecule has 0 amide bonds. The highest BCUT2D eigenvalue weighted by atomic mass is 32.2. The van der Waals surface area contributed by atoms with Gasteiger partial charge in [0.25, 0.3) is 0 Å². The molecule has 174 valence electrons. The smallest absolute Gasteiger partial charge is 0.192 e. The van der Waals surface area contributed by atoms with Gasteiger partial charge in [-0.3, -0.25) is 14.2 Å². The second-order valence-electron chi connectivity index (χ2n) is 8.59. The molecule has 1 aromatic carbocycles. The van der Waals surface area contributed by atoms with Crippen molar-refractivity contribution in [3.8, 4) is 17.1 Å². The minimum absolute atomic E-state index is 0.0332. The molecule has 33 heavy (non-hydrogen) atoms. The average Bonchev–Trinajstić information content (AvgIpc) is 3.38. The molecule has 2 aromatic heterocycles. The zero-order valence-corrected chi connectivity index (χ0v) is 20.4. The normalized spacial score (nSPS) is 14.4. The Kier molecular flexibility index (Phi) is 7.02. The Balaban J connectivity index is 1.61. The van der Waals surface area contributed by atoms with E-state index in [-0.39, 0.29) is 17.3 Å². The lowest BCUT2D eigenvalue weighted by molar-refractivity contribution is 0.101. The number of carbonyl (C=O) groups is 2. The van der Waals surface area contributed by atoms with Crippen LogP contribution in [0.1, 0.15) is 77.2 Å². The molecule has 0 aliphatic heterocycles. The van der Waals surface area contributed by atoms with Crippen LogP contribution in [-0.2, 0) is 0 Å². The molecule has 0 atom stereocenters. The Hall–Kier alpha value is -2.87. The largest absolute Gasteiger partial charge is 0.497 e. The molecule has 0 unspecified atom stereocenters. The number of carbonyl (C=O) groups excluding carboxylic acids is 2. The highest BCUT2D eigenvalue weighted by Crippen LogP contribution is 2.36. The second kappa shape index (κ2) is 9.95. The van der Waals surface area contributed by atoms with Crippen LogP contribution in [0.5, 0.6) is 5.75 Å². The minimum Gasteiger partial charge on any atom is -0.497 e. The van der Waals surface area contributed by atoms with E-state index in [9.17, 15) is 9.59 Å². The van der Waals surface area contributed by atoms with Crippen molar-refractivity contribution >= 4 is 23.3 Å². The summed E-state index contributed by atoms with van der Waals surface area (Å²) in [6.07, 6.45) is 5.78. The van der Waals surface area contributed by atoms with Crippen LogP contribution in [0, 0.1) is 13.8 Å². The molecule has 0 saturated heterocycles. The van der Waals surface area contributed by atoms with Crippen molar-refractivity contribution in [2.75, 3.05) is 12.9 Å². The predicted octanol–water partition coefficient (Wildman–Crippen LogP) is 5.58. The summed E-state index contributed by atoms with van der Waals surface area (Å²) in [5.74, 6) is 1.77. The zero-order chi connectivity index (χ0) is 23.5. The van der Waals surface area contributed by atoms with Gasteiger partial charge >= 0.3 is 0 Å². The van der Waals surface area contributed by atoms with Crippen LogP contribution in [0.4, 0.5) is 0 Å². The molecule has 1 saturated carbocycles. The summed E-state index contributed by atoms with van der Waals surface area (Å²) in [6.45, 7) is 5.18. The van der Waals surface area contributed by atoms with E-state index in [2.05, 4.69) is 19.7 Å². The van der Waals surface area contributed by atoms with Gasteiger partial charge in [-0.15, -0.1) is 10.2 Å². The maximum Gasteiger partial charge on any atom is 0.192 e. The number of hydrogen-bond acceptors (Lipinski definition) is 6. The first-order valence-corrected chi connectivity index (χ1v) is 12.3. The number of methoxy groups -OCH3 is 1. The number of ether oxygens (including phenoxy) is 1. The monoisotopic (exact) mass is 466 g/mol. The summed E-state index contributed by atoms with van der Waals surface area (Å²) in [6, 6.07) is 8.16. The molecule has 1 aliphatic rings. The molecular formula is C25H30N4O3S. The number of ketones is 2. The fraction of sp³-hybridized carbons (Fsp3) is 0.440. The number of hydrogen-bond donors (Lipinski definition) is 1. The van der Waals surface area contributed by atoms with Crippen LogP contribution in [0.2, 0.25) is 0 Å². The number of Topliss-reactive ketones (excluding diaryl/α,β-unsaturated/α-hetero) is 2. The van der Waals surface area contributed by atoms with Crippen molar-refractivity contribution in [2.24, 2.45) is 0 Å². The molecule has 4 rings (SSSR count). The Labute approximate surface area is 198 Å². The quantitative estimate of drug-likeness (QED) is 0.344. The van der Waals surface area contributed by atoms with Crippen LogP contribution in [0.15, 0.2) is 29.4 Å². The average molecular weight is 467 g/mol. The van der Waals surface area contributed by atoms with Gasteiger partial charge < -0.3 is 9.72 Å². The summed E-state index contributed by atoms with van der Waals surface area (Å²) in [7, 11) is 1.65. The van der Waals surface area contributed by atoms with Gasteiger partial charge in [0.1, 0.15) is 5.75 Å². The van der Waals surface area contributed by atoms with Gasteiger partial charge in [0.05, 0.1) is 18.6 Å². The molecule has 0 spiro atoms. The summed E-state index contributed by atoms with van der Waals surface area (Å²) in [5, 5.41) is 9.75. The fourth-order valence-corrected chi connectivity index (χ4v) is 5.62. The molecule has 1 N–H and O–H groups in total. The molecule has 0 radical (unpaired) electrons. The number of rotatable bonds is 8. The topological polar surface area (TPSA) is 89.9 Å². The van der Waals surface area contributed by atoms with E-state index in [1.54, 1.807) is 7.11 Å². The maximum atomic E-state index is 13.0. The van der Waals surface area contributed by atoms with E-state index >= 15 is 0 Å². The van der Waals surface area contributed by atoms with Crippen molar-refractivity contribution in [2.45, 2.75) is 64.1 Å². The van der Waals surface area contributed by atoms with Gasteiger partial charge in [-0.1, -0.05) is 31.0 Å². The number of benzene rings is 1. The molecule has 8 heteroatoms. The third kappa shape index (κ3) is 4.76. The maximum absolute atomic E-state index is 13.0.